The van der Waals surface area contributed by atoms with Crippen LogP contribution in [0.2, 0.25) is 0 Å². The normalized spacial score (nSPS) is 12.7. The van der Waals surface area contributed by atoms with Gasteiger partial charge in [0.25, 0.3) is 0 Å². The van der Waals surface area contributed by atoms with Crippen LogP contribution in [0.5, 0.6) is 0 Å². The molecule has 25 heavy (non-hydrogen) atoms. The van der Waals surface area contributed by atoms with Gasteiger partial charge in [-0.05, 0) is 23.1 Å². The molecule has 3 rings (SSSR count). The van der Waals surface area contributed by atoms with Crippen molar-refractivity contribution in [1.82, 2.24) is 0 Å². The van der Waals surface area contributed by atoms with Gasteiger partial charge in [0.2, 0.25) is 0 Å². The molecule has 0 fully saturated rings. The molecule has 0 amide bonds. The molecule has 0 aliphatic carbocycles. The van der Waals surface area contributed by atoms with Crippen molar-refractivity contribution in [3.63, 3.8) is 0 Å². The number of rotatable bonds is 7. The first-order chi connectivity index (χ1) is 12.3. The van der Waals surface area contributed by atoms with Crippen molar-refractivity contribution in [3.05, 3.63) is 108 Å². The standard InChI is InChI=1S/C24H25I/c1-2-3-19-23(20-13-7-4-8-14-20)24(25,21-15-9-5-10-16-21)22-17-11-6-12-18-22/h4-18,23H,2-3,19H2,1H3. The van der Waals surface area contributed by atoms with E-state index < -0.39 is 0 Å². The van der Waals surface area contributed by atoms with Crippen LogP contribution in [-0.4, -0.2) is 0 Å². The third-order valence-corrected chi connectivity index (χ3v) is 6.91. The van der Waals surface area contributed by atoms with Crippen LogP contribution in [0.1, 0.15) is 48.8 Å². The van der Waals surface area contributed by atoms with Gasteiger partial charge in [-0.1, -0.05) is 133 Å². The fraction of sp³-hybridized carbons (Fsp3) is 0.250. The highest BCUT2D eigenvalue weighted by molar-refractivity contribution is 14.1. The Hall–Kier alpha value is -1.61. The van der Waals surface area contributed by atoms with Gasteiger partial charge in [0.15, 0.2) is 0 Å². The fourth-order valence-corrected chi connectivity index (χ4v) is 5.01. The summed E-state index contributed by atoms with van der Waals surface area (Å²) in [6, 6.07) is 33.0. The van der Waals surface area contributed by atoms with E-state index in [0.29, 0.717) is 5.92 Å². The quantitative estimate of drug-likeness (QED) is 0.266. The van der Waals surface area contributed by atoms with Crippen molar-refractivity contribution in [3.8, 4) is 0 Å². The van der Waals surface area contributed by atoms with E-state index in [1.807, 2.05) is 0 Å². The molecule has 0 bridgehead atoms. The van der Waals surface area contributed by atoms with Crippen LogP contribution in [0, 0.1) is 0 Å². The average molecular weight is 440 g/mol. The fourth-order valence-electron chi connectivity index (χ4n) is 3.62. The number of unbranched alkanes of at least 4 members (excludes halogenated alkanes) is 1. The van der Waals surface area contributed by atoms with Crippen LogP contribution in [0.3, 0.4) is 0 Å². The Bertz CT molecular complexity index is 710. The highest BCUT2D eigenvalue weighted by Gasteiger charge is 2.39. The lowest BCUT2D eigenvalue weighted by atomic mass is 9.75. The molecule has 1 unspecified atom stereocenters. The molecule has 0 aliphatic rings. The van der Waals surface area contributed by atoms with Crippen molar-refractivity contribution >= 4 is 22.6 Å². The first kappa shape index (κ1) is 18.2. The van der Waals surface area contributed by atoms with E-state index >= 15 is 0 Å². The number of hydrogen-bond donors (Lipinski definition) is 0. The molecule has 128 valence electrons. The van der Waals surface area contributed by atoms with Gasteiger partial charge in [-0.3, -0.25) is 0 Å². The zero-order chi connectivity index (χ0) is 17.5. The molecule has 0 saturated carbocycles. The lowest BCUT2D eigenvalue weighted by Gasteiger charge is -2.38. The largest absolute Gasteiger partial charge is 0.0787 e. The lowest BCUT2D eigenvalue weighted by Crippen LogP contribution is -2.29. The van der Waals surface area contributed by atoms with E-state index in [1.54, 1.807) is 0 Å². The zero-order valence-corrected chi connectivity index (χ0v) is 16.9. The maximum Gasteiger partial charge on any atom is 0.0787 e. The third-order valence-electron chi connectivity index (χ3n) is 4.92. The molecule has 0 radical (unpaired) electrons. The summed E-state index contributed by atoms with van der Waals surface area (Å²) in [7, 11) is 0. The van der Waals surface area contributed by atoms with Crippen molar-refractivity contribution in [2.45, 2.75) is 35.5 Å². The van der Waals surface area contributed by atoms with Gasteiger partial charge < -0.3 is 0 Å². The first-order valence-electron chi connectivity index (χ1n) is 9.11. The predicted molar refractivity (Wildman–Crippen MR) is 116 cm³/mol. The minimum atomic E-state index is -0.0726. The smallest absolute Gasteiger partial charge is 0.0677 e. The number of alkyl halides is 1. The van der Waals surface area contributed by atoms with Gasteiger partial charge in [0, 0.05) is 5.92 Å². The van der Waals surface area contributed by atoms with E-state index in [2.05, 4.69) is 121 Å². The summed E-state index contributed by atoms with van der Waals surface area (Å²) in [5, 5.41) is 0. The third kappa shape index (κ3) is 3.98. The summed E-state index contributed by atoms with van der Waals surface area (Å²) in [6.07, 6.45) is 3.65. The van der Waals surface area contributed by atoms with E-state index in [9.17, 15) is 0 Å². The first-order valence-corrected chi connectivity index (χ1v) is 10.2. The highest BCUT2D eigenvalue weighted by Crippen LogP contribution is 2.52. The van der Waals surface area contributed by atoms with Crippen LogP contribution in [-0.2, 0) is 3.42 Å². The maximum atomic E-state index is 2.71. The van der Waals surface area contributed by atoms with Crippen LogP contribution in [0.4, 0.5) is 0 Å². The Morgan fingerprint density at radius 1 is 0.720 bits per heavy atom. The topological polar surface area (TPSA) is 0 Å². The molecule has 1 atom stereocenters. The van der Waals surface area contributed by atoms with Gasteiger partial charge in [0.05, 0.1) is 3.42 Å². The van der Waals surface area contributed by atoms with Crippen molar-refractivity contribution < 1.29 is 0 Å². The van der Waals surface area contributed by atoms with E-state index in [4.69, 9.17) is 0 Å². The minimum Gasteiger partial charge on any atom is -0.0677 e. The van der Waals surface area contributed by atoms with Crippen molar-refractivity contribution in [1.29, 1.82) is 0 Å². The van der Waals surface area contributed by atoms with Gasteiger partial charge in [-0.2, -0.15) is 0 Å². The molecule has 0 aliphatic heterocycles. The summed E-state index contributed by atoms with van der Waals surface area (Å²) in [6.45, 7) is 2.28. The van der Waals surface area contributed by atoms with Gasteiger partial charge in [0.1, 0.15) is 0 Å². The molecule has 0 aromatic heterocycles. The Morgan fingerprint density at radius 2 is 1.16 bits per heavy atom. The Morgan fingerprint density at radius 3 is 1.60 bits per heavy atom. The highest BCUT2D eigenvalue weighted by atomic mass is 127. The zero-order valence-electron chi connectivity index (χ0n) is 14.7. The summed E-state index contributed by atoms with van der Waals surface area (Å²) < 4.78 is -0.0726. The number of benzene rings is 3. The van der Waals surface area contributed by atoms with E-state index in [1.165, 1.54) is 36.0 Å². The monoisotopic (exact) mass is 440 g/mol. The van der Waals surface area contributed by atoms with E-state index in [-0.39, 0.29) is 3.42 Å². The molecule has 3 aromatic rings. The average Bonchev–Trinajstić information content (AvgIpc) is 2.70. The molecule has 3 aromatic carbocycles. The molecule has 0 spiro atoms. The Labute approximate surface area is 165 Å². The summed E-state index contributed by atoms with van der Waals surface area (Å²) in [5.74, 6) is 0.444. The van der Waals surface area contributed by atoms with Crippen LogP contribution in [0.15, 0.2) is 91.0 Å². The number of halogens is 1. The van der Waals surface area contributed by atoms with Gasteiger partial charge in [-0.15, -0.1) is 0 Å². The molecular formula is C24H25I. The summed E-state index contributed by atoms with van der Waals surface area (Å²) >= 11 is 2.71. The molecule has 0 nitrogen and oxygen atoms in total. The maximum absolute atomic E-state index is 2.71. The molecule has 0 N–H and O–H groups in total. The Balaban J connectivity index is 2.17. The SMILES string of the molecule is CCCCC(c1ccccc1)C(I)(c1ccccc1)c1ccccc1. The van der Waals surface area contributed by atoms with E-state index in [0.717, 1.165) is 0 Å². The molecular weight excluding hydrogens is 415 g/mol. The van der Waals surface area contributed by atoms with Gasteiger partial charge in [-0.25, -0.2) is 0 Å². The molecule has 1 heteroatoms. The predicted octanol–water partition coefficient (Wildman–Crippen LogP) is 7.34. The molecule has 0 heterocycles. The molecule has 0 saturated heterocycles. The Kier molecular flexibility index (Phi) is 6.30. The lowest BCUT2D eigenvalue weighted by molar-refractivity contribution is 0.516. The van der Waals surface area contributed by atoms with Crippen LogP contribution >= 0.6 is 22.6 Å². The van der Waals surface area contributed by atoms with Gasteiger partial charge >= 0.3 is 0 Å². The van der Waals surface area contributed by atoms with Crippen LogP contribution in [0.25, 0.3) is 0 Å². The van der Waals surface area contributed by atoms with Crippen molar-refractivity contribution in [2.75, 3.05) is 0 Å². The second kappa shape index (κ2) is 8.66. The minimum absolute atomic E-state index is 0.0726. The second-order valence-corrected chi connectivity index (χ2v) is 8.25. The second-order valence-electron chi connectivity index (χ2n) is 6.55. The summed E-state index contributed by atoms with van der Waals surface area (Å²) in [5.41, 5.74) is 4.19. The van der Waals surface area contributed by atoms with Crippen molar-refractivity contribution in [2.24, 2.45) is 0 Å². The number of hydrogen-bond acceptors (Lipinski definition) is 0. The summed E-state index contributed by atoms with van der Waals surface area (Å²) in [4.78, 5) is 0. The van der Waals surface area contributed by atoms with Crippen LogP contribution < -0.4 is 0 Å².